The van der Waals surface area contributed by atoms with Crippen LogP contribution < -0.4 is 10.1 Å². The number of nitrogens with zero attached hydrogens (tertiary/aromatic N) is 3. The van der Waals surface area contributed by atoms with Gasteiger partial charge in [0.05, 0.1) is 19.8 Å². The van der Waals surface area contributed by atoms with Crippen molar-refractivity contribution >= 4 is 5.91 Å². The van der Waals surface area contributed by atoms with Crippen LogP contribution in [0, 0.1) is 6.92 Å². The smallest absolute Gasteiger partial charge is 0.291 e. The van der Waals surface area contributed by atoms with Crippen LogP contribution in [0.3, 0.4) is 0 Å². The first kappa shape index (κ1) is 18.6. The fraction of sp³-hybridized carbons (Fsp3) is 0.250. The van der Waals surface area contributed by atoms with Crippen LogP contribution in [0.4, 0.5) is 0 Å². The molecule has 3 aromatic rings. The van der Waals surface area contributed by atoms with Crippen LogP contribution >= 0.6 is 0 Å². The van der Waals surface area contributed by atoms with E-state index < -0.39 is 6.10 Å². The second-order valence-corrected chi connectivity index (χ2v) is 6.25. The number of methoxy groups -OCH3 is 1. The molecule has 1 amide bonds. The molecule has 140 valence electrons. The predicted octanol–water partition coefficient (Wildman–Crippen LogP) is 2.26. The molecule has 2 N–H and O–H groups in total. The number of carbonyl (C=O) groups is 1. The molecule has 0 unspecified atom stereocenters. The Morgan fingerprint density at radius 1 is 1.26 bits per heavy atom. The molecule has 0 saturated carbocycles. The standard InChI is InChI=1S/C20H22N4O3/c1-14-4-3-5-15(10-14)11-21-20(26)19-22-13-24(23-19)12-18(25)16-6-8-17(27-2)9-7-16/h3-10,13,18,25H,11-12H2,1-2H3,(H,21,26)/t18-/m1/s1. The van der Waals surface area contributed by atoms with Crippen LogP contribution in [-0.2, 0) is 13.1 Å². The second-order valence-electron chi connectivity index (χ2n) is 6.25. The Balaban J connectivity index is 1.57. The number of aliphatic hydroxyl groups is 1. The number of hydrogen-bond donors (Lipinski definition) is 2. The first-order chi connectivity index (χ1) is 13.0. The number of rotatable bonds is 7. The third-order valence-corrected chi connectivity index (χ3v) is 4.14. The number of aromatic nitrogens is 3. The van der Waals surface area contributed by atoms with Crippen molar-refractivity contribution in [1.29, 1.82) is 0 Å². The number of benzene rings is 2. The number of aliphatic hydroxyl groups excluding tert-OH is 1. The summed E-state index contributed by atoms with van der Waals surface area (Å²) < 4.78 is 6.56. The maximum Gasteiger partial charge on any atom is 0.291 e. The molecule has 0 aliphatic carbocycles. The fourth-order valence-corrected chi connectivity index (χ4v) is 2.68. The molecule has 1 heterocycles. The molecule has 3 rings (SSSR count). The summed E-state index contributed by atoms with van der Waals surface area (Å²) >= 11 is 0. The van der Waals surface area contributed by atoms with Gasteiger partial charge in [0, 0.05) is 6.54 Å². The summed E-state index contributed by atoms with van der Waals surface area (Å²) in [4.78, 5) is 16.2. The average molecular weight is 366 g/mol. The highest BCUT2D eigenvalue weighted by Crippen LogP contribution is 2.18. The summed E-state index contributed by atoms with van der Waals surface area (Å²) in [5.41, 5.74) is 2.88. The van der Waals surface area contributed by atoms with E-state index >= 15 is 0 Å². The van der Waals surface area contributed by atoms with Crippen molar-refractivity contribution < 1.29 is 14.6 Å². The number of ether oxygens (including phenoxy) is 1. The van der Waals surface area contributed by atoms with Gasteiger partial charge in [0.25, 0.3) is 5.91 Å². The van der Waals surface area contributed by atoms with E-state index in [2.05, 4.69) is 15.4 Å². The molecular formula is C20H22N4O3. The molecule has 1 aromatic heterocycles. The van der Waals surface area contributed by atoms with Crippen LogP contribution in [-0.4, -0.2) is 32.9 Å². The molecule has 1 atom stereocenters. The highest BCUT2D eigenvalue weighted by Gasteiger charge is 2.14. The van der Waals surface area contributed by atoms with Crippen LogP contribution in [0.5, 0.6) is 5.75 Å². The molecule has 0 spiro atoms. The first-order valence-electron chi connectivity index (χ1n) is 8.60. The van der Waals surface area contributed by atoms with Crippen molar-refractivity contribution in [3.63, 3.8) is 0 Å². The quantitative estimate of drug-likeness (QED) is 0.669. The highest BCUT2D eigenvalue weighted by molar-refractivity contribution is 5.90. The Labute approximate surface area is 157 Å². The van der Waals surface area contributed by atoms with Gasteiger partial charge in [0.2, 0.25) is 5.82 Å². The number of aryl methyl sites for hydroxylation is 1. The van der Waals surface area contributed by atoms with Gasteiger partial charge < -0.3 is 15.2 Å². The van der Waals surface area contributed by atoms with E-state index in [1.807, 2.05) is 31.2 Å². The molecule has 7 heteroatoms. The van der Waals surface area contributed by atoms with Gasteiger partial charge in [-0.05, 0) is 30.2 Å². The summed E-state index contributed by atoms with van der Waals surface area (Å²) in [5, 5.41) is 17.3. The summed E-state index contributed by atoms with van der Waals surface area (Å²) in [6, 6.07) is 15.1. The van der Waals surface area contributed by atoms with Crippen molar-refractivity contribution in [2.75, 3.05) is 7.11 Å². The Hall–Kier alpha value is -3.19. The molecule has 0 aliphatic rings. The monoisotopic (exact) mass is 366 g/mol. The zero-order valence-electron chi connectivity index (χ0n) is 15.3. The number of amides is 1. The zero-order chi connectivity index (χ0) is 19.2. The third-order valence-electron chi connectivity index (χ3n) is 4.14. The van der Waals surface area contributed by atoms with E-state index in [1.54, 1.807) is 31.4 Å². The van der Waals surface area contributed by atoms with Crippen molar-refractivity contribution in [2.45, 2.75) is 26.1 Å². The van der Waals surface area contributed by atoms with Crippen molar-refractivity contribution in [1.82, 2.24) is 20.1 Å². The van der Waals surface area contributed by atoms with E-state index in [4.69, 9.17) is 4.74 Å². The van der Waals surface area contributed by atoms with E-state index in [1.165, 1.54) is 11.0 Å². The molecule has 0 fully saturated rings. The van der Waals surface area contributed by atoms with Gasteiger partial charge in [-0.25, -0.2) is 9.67 Å². The van der Waals surface area contributed by atoms with Crippen LogP contribution in [0.2, 0.25) is 0 Å². The molecule has 0 aliphatic heterocycles. The third kappa shape index (κ3) is 4.92. The van der Waals surface area contributed by atoms with Crippen molar-refractivity contribution in [3.8, 4) is 5.75 Å². The van der Waals surface area contributed by atoms with Gasteiger partial charge in [-0.2, -0.15) is 0 Å². The van der Waals surface area contributed by atoms with Gasteiger partial charge in [-0.15, -0.1) is 5.10 Å². The molecular weight excluding hydrogens is 344 g/mol. The topological polar surface area (TPSA) is 89.3 Å². The normalized spacial score (nSPS) is 11.8. The Kier molecular flexibility index (Phi) is 5.83. The summed E-state index contributed by atoms with van der Waals surface area (Å²) in [5.74, 6) is 0.443. The highest BCUT2D eigenvalue weighted by atomic mass is 16.5. The fourth-order valence-electron chi connectivity index (χ4n) is 2.68. The first-order valence-corrected chi connectivity index (χ1v) is 8.60. The lowest BCUT2D eigenvalue weighted by Gasteiger charge is -2.11. The second kappa shape index (κ2) is 8.46. The summed E-state index contributed by atoms with van der Waals surface area (Å²) in [6.07, 6.45) is 0.676. The van der Waals surface area contributed by atoms with E-state index in [9.17, 15) is 9.90 Å². The largest absolute Gasteiger partial charge is 0.497 e. The minimum Gasteiger partial charge on any atom is -0.497 e. The van der Waals surface area contributed by atoms with E-state index in [-0.39, 0.29) is 18.3 Å². The lowest BCUT2D eigenvalue weighted by molar-refractivity contribution is 0.0938. The van der Waals surface area contributed by atoms with Gasteiger partial charge in [0.15, 0.2) is 0 Å². The van der Waals surface area contributed by atoms with Crippen LogP contribution in [0.25, 0.3) is 0 Å². The number of nitrogens with one attached hydrogen (secondary N) is 1. The van der Waals surface area contributed by atoms with Crippen molar-refractivity contribution in [3.05, 3.63) is 77.4 Å². The maximum atomic E-state index is 12.2. The maximum absolute atomic E-state index is 12.2. The molecule has 0 radical (unpaired) electrons. The molecule has 0 bridgehead atoms. The molecule has 27 heavy (non-hydrogen) atoms. The minimum atomic E-state index is -0.763. The predicted molar refractivity (Wildman–Crippen MR) is 100 cm³/mol. The Morgan fingerprint density at radius 3 is 2.74 bits per heavy atom. The van der Waals surface area contributed by atoms with Crippen molar-refractivity contribution in [2.24, 2.45) is 0 Å². The number of hydrogen-bond acceptors (Lipinski definition) is 5. The van der Waals surface area contributed by atoms with Gasteiger partial charge in [-0.1, -0.05) is 42.0 Å². The van der Waals surface area contributed by atoms with E-state index in [0.29, 0.717) is 6.54 Å². The van der Waals surface area contributed by atoms with Crippen LogP contribution in [0.1, 0.15) is 33.4 Å². The minimum absolute atomic E-state index is 0.0737. The average Bonchev–Trinajstić information content (AvgIpc) is 3.15. The Bertz CT molecular complexity index is 906. The molecule has 2 aromatic carbocycles. The lowest BCUT2D eigenvalue weighted by atomic mass is 10.1. The van der Waals surface area contributed by atoms with Crippen LogP contribution in [0.15, 0.2) is 54.9 Å². The zero-order valence-corrected chi connectivity index (χ0v) is 15.3. The van der Waals surface area contributed by atoms with E-state index in [0.717, 1.165) is 22.4 Å². The molecule has 0 saturated heterocycles. The Morgan fingerprint density at radius 2 is 2.04 bits per heavy atom. The van der Waals surface area contributed by atoms with Gasteiger partial charge >= 0.3 is 0 Å². The SMILES string of the molecule is COc1ccc([C@H](O)Cn2cnc(C(=O)NCc3cccc(C)c3)n2)cc1. The lowest BCUT2D eigenvalue weighted by Crippen LogP contribution is -2.24. The summed E-state index contributed by atoms with van der Waals surface area (Å²) in [6.45, 7) is 2.61. The summed E-state index contributed by atoms with van der Waals surface area (Å²) in [7, 11) is 1.59. The van der Waals surface area contributed by atoms with Gasteiger partial charge in [-0.3, -0.25) is 4.79 Å². The molecule has 7 nitrogen and oxygen atoms in total. The number of carbonyl (C=O) groups excluding carboxylic acids is 1. The van der Waals surface area contributed by atoms with Gasteiger partial charge in [0.1, 0.15) is 12.1 Å².